The van der Waals surface area contributed by atoms with Crippen molar-refractivity contribution in [3.05, 3.63) is 89.9 Å². The van der Waals surface area contributed by atoms with Crippen LogP contribution in [0.1, 0.15) is 21.5 Å². The average Bonchev–Trinajstić information content (AvgIpc) is 3.16. The van der Waals surface area contributed by atoms with E-state index in [1.54, 1.807) is 35.1 Å². The summed E-state index contributed by atoms with van der Waals surface area (Å²) in [6.45, 7) is 1.95. The molecule has 0 unspecified atom stereocenters. The number of nitrogens with zero attached hydrogens (tertiary/aromatic N) is 3. The fraction of sp³-hybridized carbons (Fsp3) is 0.0435. The number of carbonyl (C=O) groups is 1. The van der Waals surface area contributed by atoms with Crippen LogP contribution in [0.4, 0.5) is 22.9 Å². The molecular weight excluding hydrogens is 390 g/mol. The van der Waals surface area contributed by atoms with Gasteiger partial charge in [-0.05, 0) is 55.5 Å². The van der Waals surface area contributed by atoms with Gasteiger partial charge in [0.05, 0.1) is 11.3 Å². The second-order valence-corrected chi connectivity index (χ2v) is 6.96. The topological polar surface area (TPSA) is 122 Å². The third-order valence-electron chi connectivity index (χ3n) is 4.69. The highest BCUT2D eigenvalue weighted by atomic mass is 16.1. The van der Waals surface area contributed by atoms with Gasteiger partial charge in [-0.3, -0.25) is 9.78 Å². The molecule has 2 aromatic carbocycles. The Morgan fingerprint density at radius 1 is 1.13 bits per heavy atom. The second kappa shape index (κ2) is 8.50. The Morgan fingerprint density at radius 3 is 2.77 bits per heavy atom. The Labute approximate surface area is 179 Å². The fourth-order valence-corrected chi connectivity index (χ4v) is 3.06. The molecule has 8 heteroatoms. The van der Waals surface area contributed by atoms with Crippen LogP contribution in [0.25, 0.3) is 5.69 Å². The zero-order valence-electron chi connectivity index (χ0n) is 16.8. The van der Waals surface area contributed by atoms with E-state index in [2.05, 4.69) is 20.7 Å². The Bertz CT molecular complexity index is 1250. The molecule has 0 saturated carbocycles. The molecule has 5 N–H and O–H groups in total. The number of nitrogens with one attached hydrogen (secondary N) is 3. The first kappa shape index (κ1) is 19.8. The molecule has 0 saturated heterocycles. The Balaban J connectivity index is 1.55. The number of nitrogen functional groups attached to an aromatic ring is 1. The first-order valence-electron chi connectivity index (χ1n) is 9.58. The molecule has 4 aromatic rings. The largest absolute Gasteiger partial charge is 0.398 e. The Morgan fingerprint density at radius 2 is 2.00 bits per heavy atom. The van der Waals surface area contributed by atoms with E-state index in [0.29, 0.717) is 28.3 Å². The van der Waals surface area contributed by atoms with Gasteiger partial charge in [0, 0.05) is 53.0 Å². The van der Waals surface area contributed by atoms with Crippen LogP contribution in [0, 0.1) is 12.3 Å². The zero-order chi connectivity index (χ0) is 21.8. The number of benzene rings is 2. The van der Waals surface area contributed by atoms with Crippen molar-refractivity contribution in [3.63, 3.8) is 0 Å². The van der Waals surface area contributed by atoms with Crippen LogP contribution >= 0.6 is 0 Å². The summed E-state index contributed by atoms with van der Waals surface area (Å²) in [5, 5.41) is 18.2. The van der Waals surface area contributed by atoms with E-state index < -0.39 is 0 Å². The zero-order valence-corrected chi connectivity index (χ0v) is 16.8. The third-order valence-corrected chi connectivity index (χ3v) is 4.69. The highest BCUT2D eigenvalue weighted by molar-refractivity contribution is 6.04. The van der Waals surface area contributed by atoms with Gasteiger partial charge < -0.3 is 21.8 Å². The van der Waals surface area contributed by atoms with Gasteiger partial charge in [-0.15, -0.1) is 5.10 Å². The predicted octanol–water partition coefficient (Wildman–Crippen LogP) is 4.15. The van der Waals surface area contributed by atoms with Crippen molar-refractivity contribution in [1.29, 1.82) is 5.41 Å². The molecule has 0 spiro atoms. The van der Waals surface area contributed by atoms with Gasteiger partial charge in [0.25, 0.3) is 5.91 Å². The molecule has 0 aliphatic carbocycles. The number of aryl methyl sites for hydroxylation is 1. The quantitative estimate of drug-likeness (QED) is 0.280. The van der Waals surface area contributed by atoms with Crippen LogP contribution in [-0.2, 0) is 0 Å². The van der Waals surface area contributed by atoms with Gasteiger partial charge in [0.15, 0.2) is 5.82 Å². The van der Waals surface area contributed by atoms with E-state index in [4.69, 9.17) is 11.1 Å². The summed E-state index contributed by atoms with van der Waals surface area (Å²) in [6.07, 6.45) is 6.27. The maximum absolute atomic E-state index is 12.4. The lowest BCUT2D eigenvalue weighted by Crippen LogP contribution is -2.12. The van der Waals surface area contributed by atoms with E-state index in [1.165, 1.54) is 12.4 Å². The van der Waals surface area contributed by atoms with Gasteiger partial charge in [-0.1, -0.05) is 6.07 Å². The van der Waals surface area contributed by atoms with Crippen LogP contribution in [0.15, 0.2) is 73.2 Å². The Kier molecular flexibility index (Phi) is 5.44. The van der Waals surface area contributed by atoms with Crippen molar-refractivity contribution in [1.82, 2.24) is 14.8 Å². The normalized spacial score (nSPS) is 10.5. The lowest BCUT2D eigenvalue weighted by molar-refractivity contribution is 0.102. The standard InChI is InChI=1S/C23H21N7O/c1-15-14-30(29-22(15)27-19-7-8-21(25)17(10-19)12-24)20-6-2-5-18(11-20)28-23(31)16-4-3-9-26-13-16/h2-14,24H,25H2,1H3,(H,27,29)(H,28,31). The molecule has 1 amide bonds. The highest BCUT2D eigenvalue weighted by Gasteiger charge is 2.10. The van der Waals surface area contributed by atoms with E-state index in [-0.39, 0.29) is 5.91 Å². The molecule has 4 rings (SSSR count). The molecular formula is C23H21N7O. The Hall–Kier alpha value is -4.46. The third kappa shape index (κ3) is 4.43. The van der Waals surface area contributed by atoms with Crippen LogP contribution in [0.2, 0.25) is 0 Å². The molecule has 154 valence electrons. The second-order valence-electron chi connectivity index (χ2n) is 6.96. The molecule has 31 heavy (non-hydrogen) atoms. The van der Waals surface area contributed by atoms with E-state index in [9.17, 15) is 4.79 Å². The van der Waals surface area contributed by atoms with Crippen molar-refractivity contribution in [2.45, 2.75) is 6.92 Å². The van der Waals surface area contributed by atoms with E-state index in [1.807, 2.05) is 43.5 Å². The summed E-state index contributed by atoms with van der Waals surface area (Å²) in [5.41, 5.74) is 10.7. The van der Waals surface area contributed by atoms with E-state index >= 15 is 0 Å². The van der Waals surface area contributed by atoms with Crippen molar-refractivity contribution in [3.8, 4) is 5.69 Å². The van der Waals surface area contributed by atoms with Gasteiger partial charge in [0.2, 0.25) is 0 Å². The maximum atomic E-state index is 12.4. The highest BCUT2D eigenvalue weighted by Crippen LogP contribution is 2.24. The minimum absolute atomic E-state index is 0.227. The summed E-state index contributed by atoms with van der Waals surface area (Å²) >= 11 is 0. The predicted molar refractivity (Wildman–Crippen MR) is 123 cm³/mol. The maximum Gasteiger partial charge on any atom is 0.257 e. The molecule has 0 fully saturated rings. The monoisotopic (exact) mass is 411 g/mol. The summed E-state index contributed by atoms with van der Waals surface area (Å²) in [4.78, 5) is 16.4. The number of nitrogens with two attached hydrogens (primary N) is 1. The fourth-order valence-electron chi connectivity index (χ4n) is 3.06. The molecule has 8 nitrogen and oxygen atoms in total. The molecule has 0 aliphatic rings. The summed E-state index contributed by atoms with van der Waals surface area (Å²) < 4.78 is 1.74. The summed E-state index contributed by atoms with van der Waals surface area (Å²) in [7, 11) is 0. The summed E-state index contributed by atoms with van der Waals surface area (Å²) in [6, 6.07) is 16.3. The number of amides is 1. The number of pyridine rings is 1. The number of rotatable bonds is 6. The van der Waals surface area contributed by atoms with Gasteiger partial charge in [-0.2, -0.15) is 0 Å². The number of hydrogen-bond donors (Lipinski definition) is 4. The minimum atomic E-state index is -0.227. The van der Waals surface area contributed by atoms with Crippen LogP contribution < -0.4 is 16.4 Å². The molecule has 0 radical (unpaired) electrons. The lowest BCUT2D eigenvalue weighted by atomic mass is 10.1. The molecule has 2 heterocycles. The minimum Gasteiger partial charge on any atom is -0.398 e. The van der Waals surface area contributed by atoms with Gasteiger partial charge in [0.1, 0.15) is 0 Å². The van der Waals surface area contributed by atoms with Gasteiger partial charge >= 0.3 is 0 Å². The number of aromatic nitrogens is 3. The van der Waals surface area contributed by atoms with Crippen LogP contribution in [0.5, 0.6) is 0 Å². The van der Waals surface area contributed by atoms with Crippen molar-refractivity contribution >= 4 is 35.0 Å². The van der Waals surface area contributed by atoms with Crippen molar-refractivity contribution in [2.75, 3.05) is 16.4 Å². The van der Waals surface area contributed by atoms with Crippen molar-refractivity contribution in [2.24, 2.45) is 0 Å². The number of anilines is 4. The first-order valence-corrected chi connectivity index (χ1v) is 9.58. The van der Waals surface area contributed by atoms with Gasteiger partial charge in [-0.25, -0.2) is 4.68 Å². The summed E-state index contributed by atoms with van der Waals surface area (Å²) in [5.74, 6) is 0.458. The average molecular weight is 411 g/mol. The smallest absolute Gasteiger partial charge is 0.257 e. The lowest BCUT2D eigenvalue weighted by Gasteiger charge is -2.08. The molecule has 0 aliphatic heterocycles. The van der Waals surface area contributed by atoms with Crippen molar-refractivity contribution < 1.29 is 4.79 Å². The first-order chi connectivity index (χ1) is 15.0. The number of hydrogen-bond acceptors (Lipinski definition) is 6. The molecule has 0 bridgehead atoms. The number of carbonyl (C=O) groups excluding carboxylic acids is 1. The molecule has 2 aromatic heterocycles. The molecule has 0 atom stereocenters. The van der Waals surface area contributed by atoms with Crippen LogP contribution in [0.3, 0.4) is 0 Å². The SMILES string of the molecule is Cc1cn(-c2cccc(NC(=O)c3cccnc3)c2)nc1Nc1ccc(N)c(C=N)c1. The van der Waals surface area contributed by atoms with Crippen LogP contribution in [-0.4, -0.2) is 26.9 Å². The van der Waals surface area contributed by atoms with E-state index in [0.717, 1.165) is 16.9 Å².